The van der Waals surface area contributed by atoms with Crippen LogP contribution in [0, 0.1) is 5.92 Å². The first kappa shape index (κ1) is 11.4. The van der Waals surface area contributed by atoms with Gasteiger partial charge in [0.15, 0.2) is 0 Å². The predicted molar refractivity (Wildman–Crippen MR) is 57.9 cm³/mol. The van der Waals surface area contributed by atoms with Gasteiger partial charge in [-0.2, -0.15) is 0 Å². The minimum absolute atomic E-state index is 0.238. The molecule has 2 aliphatic rings. The standard InChI is InChI=1S/C12H22O3/c1-3-13-6-7-14-9-10-4-5-12(2)11(8-10)15-12/h10-11H,3-9H2,1-2H3/t10?,11-,12?/m0/s1. The molecule has 1 aliphatic heterocycles. The molecule has 0 N–H and O–H groups in total. The minimum atomic E-state index is 0.238. The van der Waals surface area contributed by atoms with E-state index in [4.69, 9.17) is 14.2 Å². The second-order valence-electron chi connectivity index (χ2n) is 4.83. The van der Waals surface area contributed by atoms with Crippen LogP contribution in [0.4, 0.5) is 0 Å². The van der Waals surface area contributed by atoms with E-state index in [0.717, 1.165) is 26.4 Å². The van der Waals surface area contributed by atoms with Crippen molar-refractivity contribution in [2.75, 3.05) is 26.4 Å². The monoisotopic (exact) mass is 214 g/mol. The van der Waals surface area contributed by atoms with Gasteiger partial charge in [0.05, 0.1) is 24.9 Å². The van der Waals surface area contributed by atoms with Gasteiger partial charge in [0.1, 0.15) is 0 Å². The zero-order chi connectivity index (χ0) is 10.7. The molecule has 0 aromatic carbocycles. The number of fused-ring (bicyclic) bond motifs is 1. The number of rotatable bonds is 6. The topological polar surface area (TPSA) is 31.0 Å². The molecule has 1 heterocycles. The van der Waals surface area contributed by atoms with Gasteiger partial charge in [-0.05, 0) is 39.0 Å². The minimum Gasteiger partial charge on any atom is -0.379 e. The Labute approximate surface area is 92.1 Å². The molecule has 0 amide bonds. The molecule has 2 fully saturated rings. The molecule has 0 radical (unpaired) electrons. The highest BCUT2D eigenvalue weighted by Gasteiger charge is 2.55. The molecule has 1 saturated heterocycles. The van der Waals surface area contributed by atoms with Crippen molar-refractivity contribution in [2.24, 2.45) is 5.92 Å². The van der Waals surface area contributed by atoms with Gasteiger partial charge in [-0.3, -0.25) is 0 Å². The molecule has 15 heavy (non-hydrogen) atoms. The van der Waals surface area contributed by atoms with E-state index < -0.39 is 0 Å². The summed E-state index contributed by atoms with van der Waals surface area (Å²) in [6.45, 7) is 7.34. The summed E-state index contributed by atoms with van der Waals surface area (Å²) >= 11 is 0. The molecule has 88 valence electrons. The summed E-state index contributed by atoms with van der Waals surface area (Å²) in [6.07, 6.45) is 4.16. The summed E-state index contributed by atoms with van der Waals surface area (Å²) in [5.74, 6) is 0.701. The lowest BCUT2D eigenvalue weighted by molar-refractivity contribution is 0.0318. The number of hydrogen-bond donors (Lipinski definition) is 0. The van der Waals surface area contributed by atoms with E-state index in [1.165, 1.54) is 19.3 Å². The Morgan fingerprint density at radius 2 is 2.13 bits per heavy atom. The average molecular weight is 214 g/mol. The smallest absolute Gasteiger partial charge is 0.0920 e. The Morgan fingerprint density at radius 3 is 2.87 bits per heavy atom. The normalized spacial score (nSPS) is 38.8. The van der Waals surface area contributed by atoms with Gasteiger partial charge in [0.25, 0.3) is 0 Å². The number of hydrogen-bond acceptors (Lipinski definition) is 3. The highest BCUT2D eigenvalue weighted by atomic mass is 16.6. The first-order chi connectivity index (χ1) is 7.24. The number of ether oxygens (including phenoxy) is 3. The summed E-state index contributed by atoms with van der Waals surface area (Å²) in [6, 6.07) is 0. The van der Waals surface area contributed by atoms with E-state index >= 15 is 0 Å². The highest BCUT2D eigenvalue weighted by molar-refractivity contribution is 5.03. The molecule has 0 aromatic rings. The van der Waals surface area contributed by atoms with Crippen LogP contribution in [-0.4, -0.2) is 38.1 Å². The Morgan fingerprint density at radius 1 is 1.33 bits per heavy atom. The predicted octanol–water partition coefficient (Wildman–Crippen LogP) is 2.00. The van der Waals surface area contributed by atoms with Crippen LogP contribution in [0.5, 0.6) is 0 Å². The first-order valence-electron chi connectivity index (χ1n) is 6.08. The third-order valence-electron chi connectivity index (χ3n) is 3.56. The van der Waals surface area contributed by atoms with Gasteiger partial charge in [-0.1, -0.05) is 0 Å². The Balaban J connectivity index is 1.53. The van der Waals surface area contributed by atoms with E-state index in [1.54, 1.807) is 0 Å². The van der Waals surface area contributed by atoms with Crippen LogP contribution in [0.2, 0.25) is 0 Å². The average Bonchev–Trinajstić information content (AvgIpc) is 2.89. The van der Waals surface area contributed by atoms with Crippen molar-refractivity contribution in [3.8, 4) is 0 Å². The third-order valence-corrected chi connectivity index (χ3v) is 3.56. The second kappa shape index (κ2) is 4.81. The van der Waals surface area contributed by atoms with E-state index in [0.29, 0.717) is 12.0 Å². The molecule has 1 saturated carbocycles. The second-order valence-corrected chi connectivity index (χ2v) is 4.83. The molecule has 1 aliphatic carbocycles. The molecule has 0 bridgehead atoms. The number of epoxide rings is 1. The lowest BCUT2D eigenvalue weighted by Gasteiger charge is -2.22. The van der Waals surface area contributed by atoms with Crippen LogP contribution < -0.4 is 0 Å². The van der Waals surface area contributed by atoms with Gasteiger partial charge in [-0.15, -0.1) is 0 Å². The molecule has 3 atom stereocenters. The molecule has 2 rings (SSSR count). The maximum absolute atomic E-state index is 5.66. The largest absolute Gasteiger partial charge is 0.379 e. The van der Waals surface area contributed by atoms with E-state index in [2.05, 4.69) is 6.92 Å². The lowest BCUT2D eigenvalue weighted by atomic mass is 9.83. The van der Waals surface area contributed by atoms with Crippen molar-refractivity contribution >= 4 is 0 Å². The maximum atomic E-state index is 5.66. The van der Waals surface area contributed by atoms with E-state index in [1.807, 2.05) is 6.92 Å². The summed E-state index contributed by atoms with van der Waals surface area (Å²) in [7, 11) is 0. The van der Waals surface area contributed by atoms with Crippen molar-refractivity contribution in [2.45, 2.75) is 44.8 Å². The third kappa shape index (κ3) is 2.92. The fraction of sp³-hybridized carbons (Fsp3) is 1.00. The fourth-order valence-electron chi connectivity index (χ4n) is 2.38. The Kier molecular flexibility index (Phi) is 3.65. The van der Waals surface area contributed by atoms with Gasteiger partial charge in [0, 0.05) is 13.2 Å². The fourth-order valence-corrected chi connectivity index (χ4v) is 2.38. The van der Waals surface area contributed by atoms with Crippen LogP contribution >= 0.6 is 0 Å². The van der Waals surface area contributed by atoms with Gasteiger partial charge in [0.2, 0.25) is 0 Å². The van der Waals surface area contributed by atoms with Gasteiger partial charge >= 0.3 is 0 Å². The first-order valence-corrected chi connectivity index (χ1v) is 6.08. The SMILES string of the molecule is CCOCCOCC1CCC2(C)O[C@H]2C1. The summed E-state index contributed by atoms with van der Waals surface area (Å²) in [5.41, 5.74) is 0.238. The summed E-state index contributed by atoms with van der Waals surface area (Å²) in [5, 5.41) is 0. The quantitative estimate of drug-likeness (QED) is 0.500. The van der Waals surface area contributed by atoms with Crippen molar-refractivity contribution in [1.82, 2.24) is 0 Å². The molecular weight excluding hydrogens is 192 g/mol. The van der Waals surface area contributed by atoms with Crippen LogP contribution in [0.1, 0.15) is 33.1 Å². The summed E-state index contributed by atoms with van der Waals surface area (Å²) in [4.78, 5) is 0. The van der Waals surface area contributed by atoms with Crippen LogP contribution in [0.15, 0.2) is 0 Å². The van der Waals surface area contributed by atoms with Gasteiger partial charge in [-0.25, -0.2) is 0 Å². The van der Waals surface area contributed by atoms with Crippen LogP contribution in [0.3, 0.4) is 0 Å². The van der Waals surface area contributed by atoms with Crippen molar-refractivity contribution < 1.29 is 14.2 Å². The molecular formula is C12H22O3. The van der Waals surface area contributed by atoms with Gasteiger partial charge < -0.3 is 14.2 Å². The molecule has 0 spiro atoms. The molecule has 3 nitrogen and oxygen atoms in total. The zero-order valence-corrected chi connectivity index (χ0v) is 9.83. The zero-order valence-electron chi connectivity index (χ0n) is 9.83. The maximum Gasteiger partial charge on any atom is 0.0920 e. The lowest BCUT2D eigenvalue weighted by Crippen LogP contribution is -2.24. The van der Waals surface area contributed by atoms with Crippen LogP contribution in [0.25, 0.3) is 0 Å². The van der Waals surface area contributed by atoms with Crippen molar-refractivity contribution in [1.29, 1.82) is 0 Å². The van der Waals surface area contributed by atoms with E-state index in [9.17, 15) is 0 Å². The van der Waals surface area contributed by atoms with Crippen molar-refractivity contribution in [3.05, 3.63) is 0 Å². The van der Waals surface area contributed by atoms with Crippen LogP contribution in [-0.2, 0) is 14.2 Å². The Hall–Kier alpha value is -0.120. The molecule has 3 heteroatoms. The van der Waals surface area contributed by atoms with E-state index in [-0.39, 0.29) is 5.60 Å². The molecule has 0 aromatic heterocycles. The Bertz CT molecular complexity index is 207. The highest BCUT2D eigenvalue weighted by Crippen LogP contribution is 2.49. The van der Waals surface area contributed by atoms with Crippen molar-refractivity contribution in [3.63, 3.8) is 0 Å². The molecule has 2 unspecified atom stereocenters. The summed E-state index contributed by atoms with van der Waals surface area (Å²) < 4.78 is 16.5.